The molecular weight excluding hydrogens is 355 g/mol. The van der Waals surface area contributed by atoms with Gasteiger partial charge in [0, 0.05) is 0 Å². The Hall–Kier alpha value is -2.12. The smallest absolute Gasteiger partial charge is 0.328 e. The van der Waals surface area contributed by atoms with Crippen molar-refractivity contribution >= 4 is 35.1 Å². The van der Waals surface area contributed by atoms with Crippen molar-refractivity contribution in [3.8, 4) is 0 Å². The Morgan fingerprint density at radius 3 is 2.71 bits per heavy atom. The van der Waals surface area contributed by atoms with Crippen molar-refractivity contribution in [2.24, 2.45) is 0 Å². The molecule has 0 bridgehead atoms. The van der Waals surface area contributed by atoms with E-state index in [9.17, 15) is 14.7 Å². The van der Waals surface area contributed by atoms with Gasteiger partial charge in [-0.3, -0.25) is 4.79 Å². The largest absolute Gasteiger partial charge is 0.480 e. The van der Waals surface area contributed by atoms with E-state index < -0.39 is 12.0 Å². The number of hydrogen-bond donors (Lipinski definition) is 1. The fourth-order valence-corrected chi connectivity index (χ4v) is 3.03. The average Bonchev–Trinajstić information content (AvgIpc) is 2.90. The van der Waals surface area contributed by atoms with Crippen LogP contribution in [-0.2, 0) is 29.1 Å². The number of aromatic nitrogens is 3. The number of amides is 1. The Balaban J connectivity index is 1.84. The number of carbonyl (C=O) groups is 2. The van der Waals surface area contributed by atoms with Gasteiger partial charge in [0.05, 0.1) is 29.6 Å². The lowest BCUT2D eigenvalue weighted by atomic mass is 10.1. The molecule has 2 aromatic rings. The maximum absolute atomic E-state index is 12.6. The minimum Gasteiger partial charge on any atom is -0.480 e. The van der Waals surface area contributed by atoms with Crippen molar-refractivity contribution in [2.45, 2.75) is 32.5 Å². The average molecular weight is 369 g/mol. The standard InChI is InChI=1S/C15H14Cl2N4O3/c1-8-18-19-13-7-21(12(15(23)24)6-20(8)13)14(22)5-9-2-3-10(16)11(17)4-9/h2-4,12H,5-7H2,1H3,(H,23,24). The SMILES string of the molecule is Cc1nnc2n1CC(C(=O)O)N(C(=O)Cc1ccc(Cl)c(Cl)c1)C2. The normalized spacial score (nSPS) is 16.8. The lowest BCUT2D eigenvalue weighted by Gasteiger charge is -2.33. The summed E-state index contributed by atoms with van der Waals surface area (Å²) in [7, 11) is 0. The maximum Gasteiger partial charge on any atom is 0.328 e. The molecule has 1 amide bonds. The van der Waals surface area contributed by atoms with Gasteiger partial charge in [-0.15, -0.1) is 10.2 Å². The minimum absolute atomic E-state index is 0.0355. The molecule has 0 aliphatic carbocycles. The summed E-state index contributed by atoms with van der Waals surface area (Å²) in [5.74, 6) is -0.163. The van der Waals surface area contributed by atoms with Crippen LogP contribution in [0.4, 0.5) is 0 Å². The van der Waals surface area contributed by atoms with Crippen LogP contribution in [0.1, 0.15) is 17.2 Å². The van der Waals surface area contributed by atoms with Gasteiger partial charge in [0.25, 0.3) is 0 Å². The first-order valence-corrected chi connectivity index (χ1v) is 7.97. The van der Waals surface area contributed by atoms with E-state index in [4.69, 9.17) is 23.2 Å². The maximum atomic E-state index is 12.6. The van der Waals surface area contributed by atoms with E-state index in [1.54, 1.807) is 29.7 Å². The van der Waals surface area contributed by atoms with E-state index in [2.05, 4.69) is 10.2 Å². The second-order valence-electron chi connectivity index (χ2n) is 5.57. The number of rotatable bonds is 3. The van der Waals surface area contributed by atoms with Crippen LogP contribution >= 0.6 is 23.2 Å². The fraction of sp³-hybridized carbons (Fsp3) is 0.333. The molecule has 7 nitrogen and oxygen atoms in total. The Labute approximate surface area is 147 Å². The van der Waals surface area contributed by atoms with Gasteiger partial charge in [-0.05, 0) is 24.6 Å². The molecule has 9 heteroatoms. The third kappa shape index (κ3) is 3.09. The first kappa shape index (κ1) is 16.7. The summed E-state index contributed by atoms with van der Waals surface area (Å²) in [6.07, 6.45) is 0.0355. The molecule has 1 aromatic heterocycles. The second-order valence-corrected chi connectivity index (χ2v) is 6.39. The number of aryl methyl sites for hydroxylation is 1. The summed E-state index contributed by atoms with van der Waals surface area (Å²) < 4.78 is 1.72. The van der Waals surface area contributed by atoms with Crippen LogP contribution in [0.2, 0.25) is 10.0 Å². The van der Waals surface area contributed by atoms with Gasteiger partial charge in [0.15, 0.2) is 5.82 Å². The first-order chi connectivity index (χ1) is 11.4. The number of carbonyl (C=O) groups excluding carboxylic acids is 1. The van der Waals surface area contributed by atoms with Crippen LogP contribution < -0.4 is 0 Å². The van der Waals surface area contributed by atoms with Crippen molar-refractivity contribution in [1.29, 1.82) is 0 Å². The van der Waals surface area contributed by atoms with Crippen LogP contribution in [0.25, 0.3) is 0 Å². The molecule has 1 aliphatic rings. The Morgan fingerprint density at radius 1 is 1.29 bits per heavy atom. The van der Waals surface area contributed by atoms with Crippen LogP contribution in [-0.4, -0.2) is 42.7 Å². The van der Waals surface area contributed by atoms with E-state index >= 15 is 0 Å². The molecule has 1 N–H and O–H groups in total. The molecule has 1 atom stereocenters. The third-order valence-corrected chi connectivity index (χ3v) is 4.74. The second kappa shape index (κ2) is 6.41. The summed E-state index contributed by atoms with van der Waals surface area (Å²) in [6, 6.07) is 3.95. The molecule has 0 spiro atoms. The van der Waals surface area contributed by atoms with Crippen molar-refractivity contribution in [1.82, 2.24) is 19.7 Å². The minimum atomic E-state index is -1.06. The van der Waals surface area contributed by atoms with Gasteiger partial charge >= 0.3 is 5.97 Å². The van der Waals surface area contributed by atoms with Crippen LogP contribution in [0.15, 0.2) is 18.2 Å². The molecule has 0 radical (unpaired) electrons. The number of halogens is 2. The van der Waals surface area contributed by atoms with E-state index in [1.807, 2.05) is 0 Å². The van der Waals surface area contributed by atoms with Crippen molar-refractivity contribution in [3.05, 3.63) is 45.5 Å². The number of nitrogens with zero attached hydrogens (tertiary/aromatic N) is 4. The van der Waals surface area contributed by atoms with Crippen LogP contribution in [0, 0.1) is 6.92 Å². The van der Waals surface area contributed by atoms with Gasteiger partial charge in [0.1, 0.15) is 11.9 Å². The van der Waals surface area contributed by atoms with Crippen molar-refractivity contribution < 1.29 is 14.7 Å². The highest BCUT2D eigenvalue weighted by atomic mass is 35.5. The molecular formula is C15H14Cl2N4O3. The number of fused-ring (bicyclic) bond motifs is 1. The van der Waals surface area contributed by atoms with Gasteiger partial charge in [-0.1, -0.05) is 29.3 Å². The number of hydrogen-bond acceptors (Lipinski definition) is 4. The van der Waals surface area contributed by atoms with Gasteiger partial charge < -0.3 is 14.6 Å². The number of benzene rings is 1. The summed E-state index contributed by atoms with van der Waals surface area (Å²) in [5.41, 5.74) is 0.668. The number of carboxylic acids is 1. The van der Waals surface area contributed by atoms with Crippen LogP contribution in [0.3, 0.4) is 0 Å². The summed E-state index contributed by atoms with van der Waals surface area (Å²) >= 11 is 11.8. The predicted molar refractivity (Wildman–Crippen MR) is 86.9 cm³/mol. The molecule has 3 rings (SSSR count). The Morgan fingerprint density at radius 2 is 2.04 bits per heavy atom. The topological polar surface area (TPSA) is 88.3 Å². The Kier molecular flexibility index (Phi) is 4.47. The quantitative estimate of drug-likeness (QED) is 0.893. The summed E-state index contributed by atoms with van der Waals surface area (Å²) in [5, 5.41) is 18.2. The fourth-order valence-electron chi connectivity index (χ4n) is 2.71. The van der Waals surface area contributed by atoms with Gasteiger partial charge in [-0.2, -0.15) is 0 Å². The van der Waals surface area contributed by atoms with Gasteiger partial charge in [-0.25, -0.2) is 4.79 Å². The molecule has 0 saturated carbocycles. The van der Waals surface area contributed by atoms with E-state index in [0.717, 1.165) is 0 Å². The molecule has 1 aliphatic heterocycles. The third-order valence-electron chi connectivity index (χ3n) is 4.00. The van der Waals surface area contributed by atoms with E-state index in [-0.39, 0.29) is 25.4 Å². The Bertz CT molecular complexity index is 821. The highest BCUT2D eigenvalue weighted by molar-refractivity contribution is 6.42. The molecule has 1 unspecified atom stereocenters. The summed E-state index contributed by atoms with van der Waals surface area (Å²) in [4.78, 5) is 25.5. The van der Waals surface area contributed by atoms with E-state index in [0.29, 0.717) is 27.3 Å². The molecule has 0 saturated heterocycles. The molecule has 24 heavy (non-hydrogen) atoms. The molecule has 1 aromatic carbocycles. The molecule has 2 heterocycles. The van der Waals surface area contributed by atoms with Crippen LogP contribution in [0.5, 0.6) is 0 Å². The highest BCUT2D eigenvalue weighted by Crippen LogP contribution is 2.24. The highest BCUT2D eigenvalue weighted by Gasteiger charge is 2.36. The lowest BCUT2D eigenvalue weighted by molar-refractivity contribution is -0.152. The predicted octanol–water partition coefficient (Wildman–Crippen LogP) is 1.93. The van der Waals surface area contributed by atoms with E-state index in [1.165, 1.54) is 4.90 Å². The zero-order chi connectivity index (χ0) is 17.4. The number of aliphatic carboxylic acids is 1. The number of carboxylic acid groups (broad SMARTS) is 1. The monoisotopic (exact) mass is 368 g/mol. The molecule has 126 valence electrons. The van der Waals surface area contributed by atoms with Crippen molar-refractivity contribution in [2.75, 3.05) is 0 Å². The zero-order valence-electron chi connectivity index (χ0n) is 12.7. The zero-order valence-corrected chi connectivity index (χ0v) is 14.3. The van der Waals surface area contributed by atoms with Gasteiger partial charge in [0.2, 0.25) is 5.91 Å². The first-order valence-electron chi connectivity index (χ1n) is 7.21. The lowest BCUT2D eigenvalue weighted by Crippen LogP contribution is -2.51. The summed E-state index contributed by atoms with van der Waals surface area (Å²) in [6.45, 7) is 2.00. The molecule has 0 fully saturated rings. The van der Waals surface area contributed by atoms with Crippen molar-refractivity contribution in [3.63, 3.8) is 0 Å².